The van der Waals surface area contributed by atoms with E-state index in [0.29, 0.717) is 0 Å². The number of anilines is 1. The van der Waals surface area contributed by atoms with Gasteiger partial charge >= 0.3 is 0 Å². The van der Waals surface area contributed by atoms with Crippen LogP contribution in [0.25, 0.3) is 11.1 Å². The summed E-state index contributed by atoms with van der Waals surface area (Å²) in [5.74, 6) is 0. The molecule has 0 aliphatic heterocycles. The first-order valence-corrected chi connectivity index (χ1v) is 7.32. The largest absolute Gasteiger partial charge is 0.399 e. The molecule has 0 spiro atoms. The molecule has 0 aromatic heterocycles. The molecule has 0 fully saturated rings. The molecule has 3 aromatic carbocycles. The first kappa shape index (κ1) is 12.8. The van der Waals surface area contributed by atoms with E-state index in [-0.39, 0.29) is 0 Å². The summed E-state index contributed by atoms with van der Waals surface area (Å²) in [5, 5.41) is 0. The van der Waals surface area contributed by atoms with Crippen LogP contribution in [0.1, 0.15) is 0 Å². The van der Waals surface area contributed by atoms with Crippen LogP contribution >= 0.6 is 11.8 Å². The normalized spacial score (nSPS) is 10.4. The zero-order valence-electron chi connectivity index (χ0n) is 11.0. The third kappa shape index (κ3) is 2.86. The lowest BCUT2D eigenvalue weighted by Gasteiger charge is -2.09. The minimum absolute atomic E-state index is 0.797. The molecule has 0 unspecified atom stereocenters. The maximum atomic E-state index is 5.73. The van der Waals surface area contributed by atoms with Crippen molar-refractivity contribution >= 4 is 17.4 Å². The van der Waals surface area contributed by atoms with E-state index in [4.69, 9.17) is 5.73 Å². The maximum absolute atomic E-state index is 5.73. The standard InChI is InChI=1S/C18H15NS/c19-15-10-12-16(13-11-15)20-18-9-5-4-8-17(18)14-6-2-1-3-7-14/h1-13H,19H2. The van der Waals surface area contributed by atoms with Gasteiger partial charge in [0.05, 0.1) is 0 Å². The first-order chi connectivity index (χ1) is 9.83. The van der Waals surface area contributed by atoms with Gasteiger partial charge in [-0.15, -0.1) is 0 Å². The fourth-order valence-electron chi connectivity index (χ4n) is 2.07. The minimum Gasteiger partial charge on any atom is -0.399 e. The summed E-state index contributed by atoms with van der Waals surface area (Å²) in [6.45, 7) is 0. The van der Waals surface area contributed by atoms with Crippen LogP contribution in [0.2, 0.25) is 0 Å². The van der Waals surface area contributed by atoms with E-state index in [9.17, 15) is 0 Å². The summed E-state index contributed by atoms with van der Waals surface area (Å²) in [5.41, 5.74) is 9.03. The van der Waals surface area contributed by atoms with Gasteiger partial charge in [-0.3, -0.25) is 0 Å². The Labute approximate surface area is 123 Å². The van der Waals surface area contributed by atoms with E-state index in [1.54, 1.807) is 11.8 Å². The number of hydrogen-bond donors (Lipinski definition) is 1. The average Bonchev–Trinajstić information content (AvgIpc) is 2.51. The van der Waals surface area contributed by atoms with Crippen molar-refractivity contribution in [2.75, 3.05) is 5.73 Å². The Hall–Kier alpha value is -2.19. The van der Waals surface area contributed by atoms with E-state index in [1.165, 1.54) is 20.9 Å². The molecule has 20 heavy (non-hydrogen) atoms. The predicted octanol–water partition coefficient (Wildman–Crippen LogP) is 5.09. The predicted molar refractivity (Wildman–Crippen MR) is 86.9 cm³/mol. The molecule has 98 valence electrons. The van der Waals surface area contributed by atoms with Crippen molar-refractivity contribution in [1.29, 1.82) is 0 Å². The molecule has 0 saturated heterocycles. The Morgan fingerprint density at radius 1 is 0.650 bits per heavy atom. The van der Waals surface area contributed by atoms with Gasteiger partial charge in [0, 0.05) is 15.5 Å². The van der Waals surface area contributed by atoms with Gasteiger partial charge in [0.2, 0.25) is 0 Å². The highest BCUT2D eigenvalue weighted by Gasteiger charge is 2.05. The number of nitrogens with two attached hydrogens (primary N) is 1. The summed E-state index contributed by atoms with van der Waals surface area (Å²) >= 11 is 1.76. The Morgan fingerprint density at radius 3 is 2.05 bits per heavy atom. The lowest BCUT2D eigenvalue weighted by atomic mass is 10.1. The zero-order chi connectivity index (χ0) is 13.8. The van der Waals surface area contributed by atoms with Crippen molar-refractivity contribution in [3.05, 3.63) is 78.9 Å². The molecule has 3 rings (SSSR count). The molecule has 0 saturated carbocycles. The number of rotatable bonds is 3. The molecule has 2 heteroatoms. The monoisotopic (exact) mass is 277 g/mol. The molecule has 0 heterocycles. The Kier molecular flexibility index (Phi) is 3.75. The highest BCUT2D eigenvalue weighted by Crippen LogP contribution is 2.35. The van der Waals surface area contributed by atoms with Crippen LogP contribution in [0.4, 0.5) is 5.69 Å². The van der Waals surface area contributed by atoms with Crippen molar-refractivity contribution < 1.29 is 0 Å². The van der Waals surface area contributed by atoms with E-state index in [1.807, 2.05) is 18.2 Å². The van der Waals surface area contributed by atoms with E-state index >= 15 is 0 Å². The summed E-state index contributed by atoms with van der Waals surface area (Å²) in [6, 6.07) is 26.9. The average molecular weight is 277 g/mol. The van der Waals surface area contributed by atoms with Gasteiger partial charge in [0.1, 0.15) is 0 Å². The van der Waals surface area contributed by atoms with Gasteiger partial charge in [-0.25, -0.2) is 0 Å². The fraction of sp³-hybridized carbons (Fsp3) is 0. The van der Waals surface area contributed by atoms with Crippen molar-refractivity contribution in [3.63, 3.8) is 0 Å². The Bertz CT molecular complexity index is 690. The lowest BCUT2D eigenvalue weighted by molar-refractivity contribution is 1.40. The van der Waals surface area contributed by atoms with Gasteiger partial charge in [0.25, 0.3) is 0 Å². The lowest BCUT2D eigenvalue weighted by Crippen LogP contribution is -1.84. The molecule has 0 aliphatic carbocycles. The van der Waals surface area contributed by atoms with E-state index < -0.39 is 0 Å². The summed E-state index contributed by atoms with van der Waals surface area (Å²) in [7, 11) is 0. The van der Waals surface area contributed by atoms with Crippen LogP contribution in [-0.4, -0.2) is 0 Å². The topological polar surface area (TPSA) is 26.0 Å². The SMILES string of the molecule is Nc1ccc(Sc2ccccc2-c2ccccc2)cc1. The molecule has 1 nitrogen and oxygen atoms in total. The number of nitrogen functional groups attached to an aromatic ring is 1. The highest BCUT2D eigenvalue weighted by molar-refractivity contribution is 7.99. The molecular formula is C18H15NS. The molecule has 0 atom stereocenters. The van der Waals surface area contributed by atoms with Crippen molar-refractivity contribution in [2.45, 2.75) is 9.79 Å². The fourth-order valence-corrected chi connectivity index (χ4v) is 3.04. The van der Waals surface area contributed by atoms with Gasteiger partial charge in [0.15, 0.2) is 0 Å². The third-order valence-corrected chi connectivity index (χ3v) is 4.16. The Morgan fingerprint density at radius 2 is 1.30 bits per heavy atom. The second-order valence-corrected chi connectivity index (χ2v) is 5.65. The van der Waals surface area contributed by atoms with Gasteiger partial charge < -0.3 is 5.73 Å². The minimum atomic E-state index is 0.797. The molecule has 2 N–H and O–H groups in total. The maximum Gasteiger partial charge on any atom is 0.0314 e. The Balaban J connectivity index is 1.96. The van der Waals surface area contributed by atoms with Crippen LogP contribution in [0.5, 0.6) is 0 Å². The first-order valence-electron chi connectivity index (χ1n) is 6.51. The molecule has 0 radical (unpaired) electrons. The zero-order valence-corrected chi connectivity index (χ0v) is 11.8. The quantitative estimate of drug-likeness (QED) is 0.675. The van der Waals surface area contributed by atoms with Crippen molar-refractivity contribution in [3.8, 4) is 11.1 Å². The van der Waals surface area contributed by atoms with Gasteiger partial charge in [-0.2, -0.15) is 0 Å². The molecule has 3 aromatic rings. The number of hydrogen-bond acceptors (Lipinski definition) is 2. The van der Waals surface area contributed by atoms with Crippen LogP contribution < -0.4 is 5.73 Å². The summed E-state index contributed by atoms with van der Waals surface area (Å²) in [6.07, 6.45) is 0. The van der Waals surface area contributed by atoms with Crippen molar-refractivity contribution in [2.24, 2.45) is 0 Å². The molecule has 0 bridgehead atoms. The second-order valence-electron chi connectivity index (χ2n) is 4.53. The summed E-state index contributed by atoms with van der Waals surface area (Å²) < 4.78 is 0. The smallest absolute Gasteiger partial charge is 0.0314 e. The van der Waals surface area contributed by atoms with Crippen molar-refractivity contribution in [1.82, 2.24) is 0 Å². The molecule has 0 aliphatic rings. The highest BCUT2D eigenvalue weighted by atomic mass is 32.2. The summed E-state index contributed by atoms with van der Waals surface area (Å²) in [4.78, 5) is 2.45. The van der Waals surface area contributed by atoms with E-state index in [2.05, 4.69) is 60.7 Å². The van der Waals surface area contributed by atoms with Crippen LogP contribution in [-0.2, 0) is 0 Å². The van der Waals surface area contributed by atoms with Gasteiger partial charge in [-0.1, -0.05) is 60.3 Å². The number of benzene rings is 3. The van der Waals surface area contributed by atoms with Crippen LogP contribution in [0.3, 0.4) is 0 Å². The molecular weight excluding hydrogens is 262 g/mol. The second kappa shape index (κ2) is 5.85. The molecule has 0 amide bonds. The third-order valence-electron chi connectivity index (χ3n) is 3.08. The van der Waals surface area contributed by atoms with Crippen LogP contribution in [0, 0.1) is 0 Å². The van der Waals surface area contributed by atoms with E-state index in [0.717, 1.165) is 5.69 Å². The van der Waals surface area contributed by atoms with Gasteiger partial charge in [-0.05, 0) is 41.5 Å². The van der Waals surface area contributed by atoms with Crippen LogP contribution in [0.15, 0.2) is 88.7 Å².